The number of aromatic nitrogens is 1. The van der Waals surface area contributed by atoms with Crippen molar-refractivity contribution < 1.29 is 14.0 Å². The fraction of sp³-hybridized carbons (Fsp3) is 0.105. The van der Waals surface area contributed by atoms with E-state index in [2.05, 4.69) is 4.98 Å². The van der Waals surface area contributed by atoms with Gasteiger partial charge in [-0.15, -0.1) is 0 Å². The molecule has 0 saturated carbocycles. The zero-order chi connectivity index (χ0) is 17.7. The molecule has 0 aliphatic carbocycles. The van der Waals surface area contributed by atoms with Gasteiger partial charge in [-0.3, -0.25) is 14.5 Å². The summed E-state index contributed by atoms with van der Waals surface area (Å²) in [7, 11) is 0. The second-order valence-corrected chi connectivity index (χ2v) is 6.24. The molecule has 25 heavy (non-hydrogen) atoms. The molecule has 1 aliphatic heterocycles. The lowest BCUT2D eigenvalue weighted by molar-refractivity contribution is 0.0595. The fourth-order valence-electron chi connectivity index (χ4n) is 3.15. The average molecular weight is 355 g/mol. The first-order chi connectivity index (χ1) is 12.0. The van der Waals surface area contributed by atoms with Crippen LogP contribution in [-0.4, -0.2) is 21.7 Å². The monoisotopic (exact) mass is 354 g/mol. The highest BCUT2D eigenvalue weighted by molar-refractivity contribution is 6.31. The van der Waals surface area contributed by atoms with Crippen LogP contribution in [0.2, 0.25) is 5.15 Å². The molecule has 0 N–H and O–H groups in total. The maximum atomic E-state index is 13.9. The van der Waals surface area contributed by atoms with Crippen LogP contribution in [0.25, 0.3) is 10.9 Å². The highest BCUT2D eigenvalue weighted by Crippen LogP contribution is 2.35. The number of amides is 2. The standard InChI is InChI=1S/C19H12ClFN2O2/c1-10(23-18(24)12-6-2-3-7-13(12)19(23)25)14-9-11-5-4-8-15(21)16(11)22-17(14)20/h2-10H,1H3/t10-/m0/s1. The number of benzene rings is 2. The van der Waals surface area contributed by atoms with Crippen LogP contribution in [0.1, 0.15) is 39.2 Å². The van der Waals surface area contributed by atoms with Gasteiger partial charge in [-0.05, 0) is 31.2 Å². The third-order valence-corrected chi connectivity index (χ3v) is 4.74. The van der Waals surface area contributed by atoms with Gasteiger partial charge < -0.3 is 0 Å². The Labute approximate surface area is 147 Å². The van der Waals surface area contributed by atoms with E-state index in [9.17, 15) is 14.0 Å². The number of hydrogen-bond donors (Lipinski definition) is 0. The molecule has 1 atom stereocenters. The van der Waals surface area contributed by atoms with Gasteiger partial charge in [0, 0.05) is 10.9 Å². The lowest BCUT2D eigenvalue weighted by atomic mass is 10.1. The predicted molar refractivity (Wildman–Crippen MR) is 92.1 cm³/mol. The minimum absolute atomic E-state index is 0.0710. The van der Waals surface area contributed by atoms with Gasteiger partial charge >= 0.3 is 0 Å². The summed E-state index contributed by atoms with van der Waals surface area (Å²) in [5.74, 6) is -1.22. The molecule has 4 rings (SSSR count). The molecule has 0 radical (unpaired) electrons. The van der Waals surface area contributed by atoms with Crippen molar-refractivity contribution in [3.63, 3.8) is 0 Å². The largest absolute Gasteiger partial charge is 0.269 e. The van der Waals surface area contributed by atoms with Crippen molar-refractivity contribution in [2.75, 3.05) is 0 Å². The average Bonchev–Trinajstić information content (AvgIpc) is 2.86. The lowest BCUT2D eigenvalue weighted by Gasteiger charge is -2.23. The molecule has 1 aliphatic rings. The zero-order valence-electron chi connectivity index (χ0n) is 13.2. The number of rotatable bonds is 2. The second kappa shape index (κ2) is 5.63. The van der Waals surface area contributed by atoms with Crippen LogP contribution in [0, 0.1) is 5.82 Å². The van der Waals surface area contributed by atoms with Gasteiger partial charge in [0.1, 0.15) is 16.5 Å². The minimum Gasteiger partial charge on any atom is -0.269 e. The summed E-state index contributed by atoms with van der Waals surface area (Å²) in [6.07, 6.45) is 0. The Hall–Kier alpha value is -2.79. The van der Waals surface area contributed by atoms with E-state index in [0.29, 0.717) is 22.1 Å². The number of carbonyl (C=O) groups excluding carboxylic acids is 2. The number of fused-ring (bicyclic) bond motifs is 2. The fourth-order valence-corrected chi connectivity index (χ4v) is 3.44. The predicted octanol–water partition coefficient (Wildman–Crippen LogP) is 4.38. The third kappa shape index (κ3) is 2.31. The first-order valence-electron chi connectivity index (χ1n) is 7.70. The Balaban J connectivity index is 1.81. The Kier molecular flexibility index (Phi) is 3.54. The van der Waals surface area contributed by atoms with Gasteiger partial charge in [0.25, 0.3) is 11.8 Å². The molecule has 0 spiro atoms. The maximum absolute atomic E-state index is 13.9. The van der Waals surface area contributed by atoms with E-state index in [1.807, 2.05) is 0 Å². The molecule has 3 aromatic rings. The number of para-hydroxylation sites is 1. The number of nitrogens with zero attached hydrogens (tertiary/aromatic N) is 2. The number of halogens is 2. The van der Waals surface area contributed by atoms with E-state index >= 15 is 0 Å². The molecular formula is C19H12ClFN2O2. The highest BCUT2D eigenvalue weighted by atomic mass is 35.5. The quantitative estimate of drug-likeness (QED) is 0.506. The van der Waals surface area contributed by atoms with E-state index in [-0.39, 0.29) is 22.5 Å². The van der Waals surface area contributed by atoms with E-state index in [1.165, 1.54) is 11.0 Å². The van der Waals surface area contributed by atoms with Gasteiger partial charge in [0.2, 0.25) is 0 Å². The van der Waals surface area contributed by atoms with E-state index < -0.39 is 11.9 Å². The summed E-state index contributed by atoms with van der Waals surface area (Å²) in [6, 6.07) is 12.3. The Morgan fingerprint density at radius 1 is 1.04 bits per heavy atom. The van der Waals surface area contributed by atoms with Crippen molar-refractivity contribution in [3.05, 3.63) is 76.2 Å². The first-order valence-corrected chi connectivity index (χ1v) is 8.08. The normalized spacial score (nSPS) is 14.9. The van der Waals surface area contributed by atoms with Gasteiger partial charge in [0.15, 0.2) is 0 Å². The van der Waals surface area contributed by atoms with Crippen molar-refractivity contribution in [2.24, 2.45) is 0 Å². The molecule has 4 nitrogen and oxygen atoms in total. The van der Waals surface area contributed by atoms with Gasteiger partial charge in [-0.2, -0.15) is 0 Å². The number of carbonyl (C=O) groups is 2. The van der Waals surface area contributed by atoms with Crippen molar-refractivity contribution in [1.82, 2.24) is 9.88 Å². The number of pyridine rings is 1. The molecule has 1 aromatic heterocycles. The summed E-state index contributed by atoms with van der Waals surface area (Å²) >= 11 is 6.23. The Morgan fingerprint density at radius 3 is 2.32 bits per heavy atom. The molecule has 6 heteroatoms. The molecule has 124 valence electrons. The summed E-state index contributed by atoms with van der Waals surface area (Å²) in [5, 5.41) is 0.629. The Bertz CT molecular complexity index is 1020. The van der Waals surface area contributed by atoms with Crippen molar-refractivity contribution in [1.29, 1.82) is 0 Å². The van der Waals surface area contributed by atoms with Crippen LogP contribution >= 0.6 is 11.6 Å². The molecule has 0 bridgehead atoms. The molecular weight excluding hydrogens is 343 g/mol. The molecule has 2 amide bonds. The van der Waals surface area contributed by atoms with Crippen LogP contribution in [-0.2, 0) is 0 Å². The minimum atomic E-state index is -0.625. The molecule has 2 aromatic carbocycles. The van der Waals surface area contributed by atoms with Crippen LogP contribution in [0.4, 0.5) is 4.39 Å². The lowest BCUT2D eigenvalue weighted by Crippen LogP contribution is -2.32. The third-order valence-electron chi connectivity index (χ3n) is 4.44. The summed E-state index contributed by atoms with van der Waals surface area (Å²) in [4.78, 5) is 30.5. The topological polar surface area (TPSA) is 50.3 Å². The van der Waals surface area contributed by atoms with Crippen LogP contribution in [0.15, 0.2) is 48.5 Å². The second-order valence-electron chi connectivity index (χ2n) is 5.88. The van der Waals surface area contributed by atoms with Crippen molar-refractivity contribution in [2.45, 2.75) is 13.0 Å². The van der Waals surface area contributed by atoms with Gasteiger partial charge in [-0.1, -0.05) is 35.9 Å². The van der Waals surface area contributed by atoms with Crippen molar-refractivity contribution in [3.8, 4) is 0 Å². The van der Waals surface area contributed by atoms with E-state index in [0.717, 1.165) is 0 Å². The molecule has 0 saturated heterocycles. The SMILES string of the molecule is C[C@@H](c1cc2cccc(F)c2nc1Cl)N1C(=O)c2ccccc2C1=O. The highest BCUT2D eigenvalue weighted by Gasteiger charge is 2.39. The van der Waals surface area contributed by atoms with Gasteiger partial charge in [0.05, 0.1) is 17.2 Å². The maximum Gasteiger partial charge on any atom is 0.262 e. The van der Waals surface area contributed by atoms with Crippen LogP contribution in [0.3, 0.4) is 0 Å². The van der Waals surface area contributed by atoms with E-state index in [4.69, 9.17) is 11.6 Å². The van der Waals surface area contributed by atoms with Crippen LogP contribution < -0.4 is 0 Å². The van der Waals surface area contributed by atoms with E-state index in [1.54, 1.807) is 49.4 Å². The zero-order valence-corrected chi connectivity index (χ0v) is 13.9. The summed E-state index contributed by atoms with van der Waals surface area (Å²) < 4.78 is 13.9. The number of hydrogen-bond acceptors (Lipinski definition) is 3. The summed E-state index contributed by atoms with van der Waals surface area (Å²) in [5.41, 5.74) is 1.39. The van der Waals surface area contributed by atoms with Crippen molar-refractivity contribution >= 4 is 34.3 Å². The molecule has 0 fully saturated rings. The smallest absolute Gasteiger partial charge is 0.262 e. The molecule has 0 unspecified atom stereocenters. The molecule has 2 heterocycles. The first kappa shape index (κ1) is 15.7. The summed E-state index contributed by atoms with van der Waals surface area (Å²) in [6.45, 7) is 1.70. The Morgan fingerprint density at radius 2 is 1.68 bits per heavy atom. The van der Waals surface area contributed by atoms with Crippen LogP contribution in [0.5, 0.6) is 0 Å². The number of imide groups is 1. The van der Waals surface area contributed by atoms with Gasteiger partial charge in [-0.25, -0.2) is 9.37 Å².